The van der Waals surface area contributed by atoms with Crippen molar-refractivity contribution in [1.29, 1.82) is 0 Å². The number of rotatable bonds is 1. The molecule has 3 N–H and O–H groups in total. The summed E-state index contributed by atoms with van der Waals surface area (Å²) in [4.78, 5) is 10.9. The van der Waals surface area contributed by atoms with Crippen molar-refractivity contribution < 1.29 is 4.74 Å². The monoisotopic (exact) mass is 210 g/mol. The first kappa shape index (κ1) is 11.9. The number of aromatic nitrogens is 2. The average molecular weight is 210 g/mol. The van der Waals surface area contributed by atoms with Crippen LogP contribution in [0, 0.1) is 13.8 Å². The zero-order chi connectivity index (χ0) is 9.97. The molecule has 0 bridgehead atoms. The molecule has 0 aromatic carbocycles. The van der Waals surface area contributed by atoms with Crippen molar-refractivity contribution in [3.63, 3.8) is 0 Å². The lowest BCUT2D eigenvalue weighted by Gasteiger charge is -2.28. The summed E-state index contributed by atoms with van der Waals surface area (Å²) in [7, 11) is 0. The number of hydrogen-bond donors (Lipinski definition) is 1. The van der Waals surface area contributed by atoms with Gasteiger partial charge in [-0.3, -0.25) is 0 Å². The fourth-order valence-electron chi connectivity index (χ4n) is 1.65. The molecule has 1 aromatic heterocycles. The molecule has 5 heteroatoms. The summed E-state index contributed by atoms with van der Waals surface area (Å²) in [5.74, 6) is 1.87. The van der Waals surface area contributed by atoms with Crippen molar-refractivity contribution >= 4 is 5.82 Å². The van der Waals surface area contributed by atoms with Gasteiger partial charge in [-0.15, -0.1) is 0 Å². The van der Waals surface area contributed by atoms with E-state index in [0.717, 1.165) is 43.6 Å². The minimum Gasteiger partial charge on any atom is -0.378 e. The highest BCUT2D eigenvalue weighted by Crippen LogP contribution is 2.13. The Morgan fingerprint density at radius 3 is 2.47 bits per heavy atom. The van der Waals surface area contributed by atoms with Crippen LogP contribution in [0.4, 0.5) is 5.82 Å². The van der Waals surface area contributed by atoms with Crippen molar-refractivity contribution in [3.05, 3.63) is 17.6 Å². The molecule has 0 aliphatic carbocycles. The first-order valence-corrected chi connectivity index (χ1v) is 4.91. The molecule has 0 unspecified atom stereocenters. The van der Waals surface area contributed by atoms with E-state index in [1.54, 1.807) is 0 Å². The summed E-state index contributed by atoms with van der Waals surface area (Å²) < 4.78 is 5.30. The SMILES string of the molecule is Cc1cc(N2CCOCC2)nc(C)n1.N. The lowest BCUT2D eigenvalue weighted by atomic mass is 10.3. The van der Waals surface area contributed by atoms with Crippen molar-refractivity contribution in [3.8, 4) is 0 Å². The van der Waals surface area contributed by atoms with Crippen molar-refractivity contribution in [2.24, 2.45) is 0 Å². The van der Waals surface area contributed by atoms with Crippen molar-refractivity contribution in [2.45, 2.75) is 13.8 Å². The Morgan fingerprint density at radius 1 is 1.20 bits per heavy atom. The molecule has 2 rings (SSSR count). The van der Waals surface area contributed by atoms with Gasteiger partial charge in [0.15, 0.2) is 0 Å². The lowest BCUT2D eigenvalue weighted by molar-refractivity contribution is 0.122. The zero-order valence-corrected chi connectivity index (χ0v) is 9.36. The third-order valence-corrected chi connectivity index (χ3v) is 2.29. The number of nitrogens with zero attached hydrogens (tertiary/aromatic N) is 3. The van der Waals surface area contributed by atoms with Gasteiger partial charge in [0.1, 0.15) is 11.6 Å². The molecule has 0 atom stereocenters. The summed E-state index contributed by atoms with van der Waals surface area (Å²) in [5.41, 5.74) is 1.03. The highest BCUT2D eigenvalue weighted by molar-refractivity contribution is 5.39. The topological polar surface area (TPSA) is 73.2 Å². The van der Waals surface area contributed by atoms with Crippen LogP contribution in [-0.4, -0.2) is 36.3 Å². The highest BCUT2D eigenvalue weighted by Gasteiger charge is 2.12. The molecule has 1 aromatic rings. The van der Waals surface area contributed by atoms with E-state index in [-0.39, 0.29) is 6.15 Å². The predicted molar refractivity (Wildman–Crippen MR) is 59.6 cm³/mol. The summed E-state index contributed by atoms with van der Waals surface area (Å²) in [6.45, 7) is 7.37. The van der Waals surface area contributed by atoms with E-state index in [4.69, 9.17) is 4.74 Å². The molecule has 1 fully saturated rings. The molecule has 2 heterocycles. The van der Waals surface area contributed by atoms with Crippen LogP contribution in [-0.2, 0) is 4.74 Å². The van der Waals surface area contributed by atoms with Gasteiger partial charge in [-0.2, -0.15) is 0 Å². The molecule has 1 aliphatic heterocycles. The molecule has 1 aliphatic rings. The Hall–Kier alpha value is -1.20. The number of anilines is 1. The summed E-state index contributed by atoms with van der Waals surface area (Å²) in [6, 6.07) is 2.03. The molecular formula is C10H18N4O. The standard InChI is InChI=1S/C10H15N3O.H3N/c1-8-7-10(12-9(2)11-8)13-3-5-14-6-4-13;/h7H,3-6H2,1-2H3;1H3. The summed E-state index contributed by atoms with van der Waals surface area (Å²) in [6.07, 6.45) is 0. The van der Waals surface area contributed by atoms with E-state index in [9.17, 15) is 0 Å². The molecule has 5 nitrogen and oxygen atoms in total. The second-order valence-electron chi connectivity index (χ2n) is 3.51. The van der Waals surface area contributed by atoms with Gasteiger partial charge in [0, 0.05) is 24.8 Å². The fraction of sp³-hybridized carbons (Fsp3) is 0.600. The number of morpholine rings is 1. The first-order chi connectivity index (χ1) is 6.75. The molecule has 15 heavy (non-hydrogen) atoms. The Labute approximate surface area is 90.1 Å². The minimum absolute atomic E-state index is 0. The smallest absolute Gasteiger partial charge is 0.132 e. The van der Waals surface area contributed by atoms with Crippen LogP contribution >= 0.6 is 0 Å². The van der Waals surface area contributed by atoms with Gasteiger partial charge in [-0.1, -0.05) is 0 Å². The maximum Gasteiger partial charge on any atom is 0.132 e. The normalized spacial score (nSPS) is 16.0. The molecular weight excluding hydrogens is 192 g/mol. The second-order valence-corrected chi connectivity index (χ2v) is 3.51. The van der Waals surface area contributed by atoms with Crippen LogP contribution in [0.1, 0.15) is 11.5 Å². The fourth-order valence-corrected chi connectivity index (χ4v) is 1.65. The molecule has 84 valence electrons. The third-order valence-electron chi connectivity index (χ3n) is 2.29. The van der Waals surface area contributed by atoms with Gasteiger partial charge in [-0.25, -0.2) is 9.97 Å². The van der Waals surface area contributed by atoms with Gasteiger partial charge in [0.2, 0.25) is 0 Å². The van der Waals surface area contributed by atoms with E-state index in [1.807, 2.05) is 19.9 Å². The Morgan fingerprint density at radius 2 is 1.87 bits per heavy atom. The van der Waals surface area contributed by atoms with Gasteiger partial charge in [0.25, 0.3) is 0 Å². The van der Waals surface area contributed by atoms with Crippen molar-refractivity contribution in [2.75, 3.05) is 31.2 Å². The number of hydrogen-bond acceptors (Lipinski definition) is 5. The Kier molecular flexibility index (Phi) is 3.99. The van der Waals surface area contributed by atoms with E-state index in [1.165, 1.54) is 0 Å². The van der Waals surface area contributed by atoms with Crippen LogP contribution in [0.3, 0.4) is 0 Å². The summed E-state index contributed by atoms with van der Waals surface area (Å²) in [5, 5.41) is 0. The average Bonchev–Trinajstić information content (AvgIpc) is 2.18. The van der Waals surface area contributed by atoms with E-state index in [0.29, 0.717) is 0 Å². The van der Waals surface area contributed by atoms with Crippen LogP contribution in [0.25, 0.3) is 0 Å². The molecule has 0 radical (unpaired) electrons. The van der Waals surface area contributed by atoms with E-state index < -0.39 is 0 Å². The van der Waals surface area contributed by atoms with E-state index >= 15 is 0 Å². The third kappa shape index (κ3) is 2.87. The molecule has 0 amide bonds. The van der Waals surface area contributed by atoms with Crippen LogP contribution < -0.4 is 11.1 Å². The van der Waals surface area contributed by atoms with Gasteiger partial charge in [0.05, 0.1) is 13.2 Å². The predicted octanol–water partition coefficient (Wildman–Crippen LogP) is 1.09. The van der Waals surface area contributed by atoms with Gasteiger partial charge in [-0.05, 0) is 13.8 Å². The highest BCUT2D eigenvalue weighted by atomic mass is 16.5. The Bertz CT molecular complexity index is 303. The zero-order valence-electron chi connectivity index (χ0n) is 9.36. The summed E-state index contributed by atoms with van der Waals surface area (Å²) >= 11 is 0. The minimum atomic E-state index is 0. The van der Waals surface area contributed by atoms with Crippen LogP contribution in [0.15, 0.2) is 6.07 Å². The number of aryl methyl sites for hydroxylation is 2. The second kappa shape index (κ2) is 5.04. The molecule has 1 saturated heterocycles. The largest absolute Gasteiger partial charge is 0.378 e. The maximum absolute atomic E-state index is 5.30. The van der Waals surface area contributed by atoms with Crippen LogP contribution in [0.5, 0.6) is 0 Å². The molecule has 0 spiro atoms. The quantitative estimate of drug-likeness (QED) is 0.751. The first-order valence-electron chi connectivity index (χ1n) is 4.91. The maximum atomic E-state index is 5.30. The lowest BCUT2D eigenvalue weighted by Crippen LogP contribution is -2.36. The van der Waals surface area contributed by atoms with Crippen LogP contribution in [0.2, 0.25) is 0 Å². The van der Waals surface area contributed by atoms with Gasteiger partial charge >= 0.3 is 0 Å². The number of ether oxygens (including phenoxy) is 1. The molecule has 0 saturated carbocycles. The van der Waals surface area contributed by atoms with Crippen molar-refractivity contribution in [1.82, 2.24) is 16.1 Å². The Balaban J connectivity index is 0.00000112. The van der Waals surface area contributed by atoms with E-state index in [2.05, 4.69) is 14.9 Å². The van der Waals surface area contributed by atoms with Gasteiger partial charge < -0.3 is 15.8 Å².